The fourth-order valence-corrected chi connectivity index (χ4v) is 3.36. The molecule has 2 N–H and O–H groups in total. The van der Waals surface area contributed by atoms with Crippen LogP contribution in [0.3, 0.4) is 0 Å². The zero-order chi connectivity index (χ0) is 15.9. The van der Waals surface area contributed by atoms with Crippen molar-refractivity contribution in [3.05, 3.63) is 12.1 Å². The average Bonchev–Trinajstić information content (AvgIpc) is 2.31. The van der Waals surface area contributed by atoms with Crippen molar-refractivity contribution in [3.8, 4) is 11.5 Å². The summed E-state index contributed by atoms with van der Waals surface area (Å²) in [6, 6.07) is 1.60. The molecule has 0 saturated heterocycles. The molecule has 10 heteroatoms. The zero-order valence-electron chi connectivity index (χ0n) is 11.4. The van der Waals surface area contributed by atoms with Gasteiger partial charge in [-0.15, -0.1) is 0 Å². The second kappa shape index (κ2) is 5.20. The van der Waals surface area contributed by atoms with E-state index in [1.807, 2.05) is 0 Å². The molecule has 0 bridgehead atoms. The van der Waals surface area contributed by atoms with Gasteiger partial charge in [0, 0.05) is 34.3 Å². The summed E-state index contributed by atoms with van der Waals surface area (Å²) in [5.74, 6) is -1.72. The third-order valence-electron chi connectivity index (χ3n) is 2.57. The van der Waals surface area contributed by atoms with E-state index in [1.54, 1.807) is 0 Å². The van der Waals surface area contributed by atoms with Gasteiger partial charge >= 0.3 is 0 Å². The SMILES string of the molecule is CN(C)S(=O)(=O)c1cc(O)c(O)c(S(=O)(=O)N(C)C)c1. The van der Waals surface area contributed by atoms with Crippen LogP contribution in [0.4, 0.5) is 0 Å². The second-order valence-electron chi connectivity index (χ2n) is 4.36. The van der Waals surface area contributed by atoms with Crippen molar-refractivity contribution in [2.24, 2.45) is 0 Å². The van der Waals surface area contributed by atoms with Gasteiger partial charge in [0.05, 0.1) is 4.90 Å². The molecule has 1 rings (SSSR count). The van der Waals surface area contributed by atoms with Gasteiger partial charge < -0.3 is 10.2 Å². The lowest BCUT2D eigenvalue weighted by atomic mass is 10.3. The summed E-state index contributed by atoms with van der Waals surface area (Å²) in [5, 5.41) is 19.2. The van der Waals surface area contributed by atoms with Crippen LogP contribution in [0.15, 0.2) is 21.9 Å². The van der Waals surface area contributed by atoms with Crippen LogP contribution >= 0.6 is 0 Å². The third kappa shape index (κ3) is 2.73. The molecular weight excluding hydrogens is 308 g/mol. The van der Waals surface area contributed by atoms with E-state index in [9.17, 15) is 27.0 Å². The molecular formula is C10H16N2O6S2. The molecule has 0 atom stereocenters. The largest absolute Gasteiger partial charge is 0.504 e. The standard InChI is InChI=1S/C10H16N2O6S2/c1-11(2)19(15,16)7-5-8(13)10(14)9(6-7)20(17,18)12(3)4/h5-6,13-14H,1-4H3. The molecule has 0 aliphatic rings. The minimum Gasteiger partial charge on any atom is -0.504 e. The van der Waals surface area contributed by atoms with Gasteiger partial charge in [0.25, 0.3) is 0 Å². The first kappa shape index (κ1) is 16.7. The van der Waals surface area contributed by atoms with Crippen molar-refractivity contribution in [1.82, 2.24) is 8.61 Å². The van der Waals surface area contributed by atoms with Gasteiger partial charge in [0.1, 0.15) is 4.90 Å². The van der Waals surface area contributed by atoms with E-state index >= 15 is 0 Å². The van der Waals surface area contributed by atoms with Gasteiger partial charge in [0.2, 0.25) is 20.0 Å². The fraction of sp³-hybridized carbons (Fsp3) is 0.400. The number of aromatic hydroxyl groups is 2. The van der Waals surface area contributed by atoms with Crippen molar-refractivity contribution >= 4 is 20.0 Å². The van der Waals surface area contributed by atoms with E-state index in [-0.39, 0.29) is 0 Å². The Labute approximate surface area is 118 Å². The Kier molecular flexibility index (Phi) is 4.34. The molecule has 0 aromatic heterocycles. The maximum Gasteiger partial charge on any atom is 0.246 e. The first-order valence-electron chi connectivity index (χ1n) is 5.33. The number of rotatable bonds is 4. The van der Waals surface area contributed by atoms with Crippen molar-refractivity contribution in [2.45, 2.75) is 9.79 Å². The lowest BCUT2D eigenvalue weighted by Crippen LogP contribution is -2.24. The molecule has 0 radical (unpaired) electrons. The minimum atomic E-state index is -4.10. The van der Waals surface area contributed by atoms with E-state index in [2.05, 4.69) is 0 Å². The first-order chi connectivity index (χ1) is 8.92. The number of hydrogen-bond acceptors (Lipinski definition) is 6. The molecule has 0 amide bonds. The highest BCUT2D eigenvalue weighted by molar-refractivity contribution is 7.90. The van der Waals surface area contributed by atoms with Crippen LogP contribution < -0.4 is 0 Å². The zero-order valence-corrected chi connectivity index (χ0v) is 13.0. The van der Waals surface area contributed by atoms with Crippen LogP contribution in [0, 0.1) is 0 Å². The normalized spacial score (nSPS) is 13.1. The van der Waals surface area contributed by atoms with Crippen LogP contribution in [0.2, 0.25) is 0 Å². The molecule has 0 spiro atoms. The van der Waals surface area contributed by atoms with E-state index < -0.39 is 41.3 Å². The van der Waals surface area contributed by atoms with Gasteiger partial charge in [-0.1, -0.05) is 0 Å². The molecule has 0 unspecified atom stereocenters. The first-order valence-corrected chi connectivity index (χ1v) is 8.21. The van der Waals surface area contributed by atoms with Gasteiger partial charge in [0.15, 0.2) is 11.5 Å². The van der Waals surface area contributed by atoms with Crippen LogP contribution in [-0.2, 0) is 20.0 Å². The predicted octanol–water partition coefficient (Wildman–Crippen LogP) is -0.402. The molecule has 0 aliphatic heterocycles. The van der Waals surface area contributed by atoms with Crippen molar-refractivity contribution in [2.75, 3.05) is 28.2 Å². The Bertz CT molecular complexity index is 722. The van der Waals surface area contributed by atoms with Gasteiger partial charge in [-0.25, -0.2) is 25.4 Å². The van der Waals surface area contributed by atoms with Crippen molar-refractivity contribution in [3.63, 3.8) is 0 Å². The Hall–Kier alpha value is -1.36. The molecule has 0 fully saturated rings. The topological polar surface area (TPSA) is 115 Å². The predicted molar refractivity (Wildman–Crippen MR) is 71.5 cm³/mol. The van der Waals surface area contributed by atoms with Gasteiger partial charge in [-0.3, -0.25) is 0 Å². The lowest BCUT2D eigenvalue weighted by molar-refractivity contribution is 0.389. The monoisotopic (exact) mass is 324 g/mol. The van der Waals surface area contributed by atoms with Crippen LogP contribution in [0.1, 0.15) is 0 Å². The van der Waals surface area contributed by atoms with Gasteiger partial charge in [-0.2, -0.15) is 0 Å². The molecule has 1 aromatic rings. The highest BCUT2D eigenvalue weighted by atomic mass is 32.2. The third-order valence-corrected chi connectivity index (χ3v) is 6.19. The Morgan fingerprint density at radius 1 is 0.850 bits per heavy atom. The summed E-state index contributed by atoms with van der Waals surface area (Å²) < 4.78 is 49.6. The number of hydrogen-bond donors (Lipinski definition) is 2. The highest BCUT2D eigenvalue weighted by Gasteiger charge is 2.28. The summed E-state index contributed by atoms with van der Waals surface area (Å²) in [7, 11) is -3.07. The number of phenolic OH excluding ortho intramolecular Hbond substituents is 2. The van der Waals surface area contributed by atoms with Crippen LogP contribution in [0.25, 0.3) is 0 Å². The molecule has 8 nitrogen and oxygen atoms in total. The molecule has 0 heterocycles. The minimum absolute atomic E-state index is 0.432. The summed E-state index contributed by atoms with van der Waals surface area (Å²) in [6.45, 7) is 0. The number of sulfonamides is 2. The van der Waals surface area contributed by atoms with Crippen LogP contribution in [0.5, 0.6) is 11.5 Å². The number of phenols is 2. The maximum atomic E-state index is 12.0. The van der Waals surface area contributed by atoms with E-state index in [4.69, 9.17) is 0 Å². The van der Waals surface area contributed by atoms with E-state index in [0.717, 1.165) is 20.7 Å². The smallest absolute Gasteiger partial charge is 0.246 e. The van der Waals surface area contributed by atoms with Gasteiger partial charge in [-0.05, 0) is 6.07 Å². The molecule has 114 valence electrons. The van der Waals surface area contributed by atoms with Crippen molar-refractivity contribution < 1.29 is 27.0 Å². The Morgan fingerprint density at radius 3 is 1.70 bits per heavy atom. The Balaban J connectivity index is 3.71. The summed E-state index contributed by atoms with van der Waals surface area (Å²) in [6.07, 6.45) is 0. The number of benzene rings is 1. The lowest BCUT2D eigenvalue weighted by Gasteiger charge is -2.16. The average molecular weight is 324 g/mol. The van der Waals surface area contributed by atoms with E-state index in [1.165, 1.54) is 28.2 Å². The molecule has 20 heavy (non-hydrogen) atoms. The summed E-state index contributed by atoms with van der Waals surface area (Å²) >= 11 is 0. The molecule has 0 saturated carbocycles. The quantitative estimate of drug-likeness (QED) is 0.728. The summed E-state index contributed by atoms with van der Waals surface area (Å²) in [4.78, 5) is -1.11. The Morgan fingerprint density at radius 2 is 1.30 bits per heavy atom. The summed E-state index contributed by atoms with van der Waals surface area (Å²) in [5.41, 5.74) is 0. The second-order valence-corrected chi connectivity index (χ2v) is 8.64. The molecule has 0 aliphatic carbocycles. The highest BCUT2D eigenvalue weighted by Crippen LogP contribution is 2.36. The van der Waals surface area contributed by atoms with Crippen molar-refractivity contribution in [1.29, 1.82) is 0 Å². The molecule has 1 aromatic carbocycles. The fourth-order valence-electron chi connectivity index (χ4n) is 1.32. The maximum absolute atomic E-state index is 12.0. The van der Waals surface area contributed by atoms with E-state index in [0.29, 0.717) is 0 Å². The number of nitrogens with zero attached hydrogens (tertiary/aromatic N) is 2. The van der Waals surface area contributed by atoms with Crippen LogP contribution in [-0.4, -0.2) is 63.8 Å².